The molecule has 0 saturated carbocycles. The van der Waals surface area contributed by atoms with Gasteiger partial charge in [-0.3, -0.25) is 9.36 Å². The van der Waals surface area contributed by atoms with Crippen LogP contribution >= 0.6 is 7.82 Å². The minimum atomic E-state index is -4.59. The lowest BCUT2D eigenvalue weighted by molar-refractivity contribution is -0.870. The lowest BCUT2D eigenvalue weighted by Crippen LogP contribution is -2.45. The number of aliphatic hydroxyl groups excluding tert-OH is 1. The van der Waals surface area contributed by atoms with Gasteiger partial charge >= 0.3 is 0 Å². The maximum Gasteiger partial charge on any atom is 0.268 e. The van der Waals surface area contributed by atoms with E-state index in [1.165, 1.54) is 0 Å². The molecule has 8 nitrogen and oxygen atoms in total. The van der Waals surface area contributed by atoms with Crippen LogP contribution in [-0.2, 0) is 18.4 Å². The summed E-state index contributed by atoms with van der Waals surface area (Å²) in [6.45, 7) is 4.30. The molecule has 9 heteroatoms. The van der Waals surface area contributed by atoms with Crippen LogP contribution in [0.5, 0.6) is 0 Å². The van der Waals surface area contributed by atoms with Crippen molar-refractivity contribution >= 4 is 13.7 Å². The Morgan fingerprint density at radius 2 is 1.30 bits per heavy atom. The number of hydrogen-bond acceptors (Lipinski definition) is 6. The van der Waals surface area contributed by atoms with Crippen molar-refractivity contribution in [2.45, 2.75) is 103 Å². The molecule has 0 heterocycles. The van der Waals surface area contributed by atoms with Gasteiger partial charge in [0.25, 0.3) is 7.82 Å². The van der Waals surface area contributed by atoms with Crippen molar-refractivity contribution in [3.63, 3.8) is 0 Å². The van der Waals surface area contributed by atoms with Gasteiger partial charge in [0.05, 0.1) is 39.9 Å². The van der Waals surface area contributed by atoms with Crippen LogP contribution in [0.15, 0.2) is 85.1 Å². The van der Waals surface area contributed by atoms with E-state index >= 15 is 0 Å². The topological polar surface area (TPSA) is 108 Å². The molecule has 0 rings (SSSR count). The summed E-state index contributed by atoms with van der Waals surface area (Å²) in [6, 6.07) is -0.926. The number of aliphatic hydroxyl groups is 1. The number of likely N-dealkylation sites (N-methyl/N-ethyl adjacent to an activating group) is 1. The number of quaternary nitrogens is 1. The summed E-state index contributed by atoms with van der Waals surface area (Å²) in [5, 5.41) is 13.4. The van der Waals surface area contributed by atoms with E-state index in [-0.39, 0.29) is 18.9 Å². The Labute approximate surface area is 280 Å². The lowest BCUT2D eigenvalue weighted by atomic mass is 10.1. The highest BCUT2D eigenvalue weighted by Crippen LogP contribution is 2.38. The molecule has 0 aromatic heterocycles. The number of hydrogen-bond donors (Lipinski definition) is 2. The van der Waals surface area contributed by atoms with Crippen molar-refractivity contribution in [1.82, 2.24) is 5.32 Å². The maximum absolute atomic E-state index is 12.6. The van der Waals surface area contributed by atoms with Crippen molar-refractivity contribution in [3.05, 3.63) is 85.1 Å². The maximum atomic E-state index is 12.6. The summed E-state index contributed by atoms with van der Waals surface area (Å²) in [7, 11) is 1.19. The van der Waals surface area contributed by atoms with E-state index in [4.69, 9.17) is 9.05 Å². The molecule has 0 saturated heterocycles. The molecule has 0 aromatic rings. The molecule has 2 N–H and O–H groups in total. The van der Waals surface area contributed by atoms with Crippen LogP contribution < -0.4 is 10.2 Å². The first-order valence-electron chi connectivity index (χ1n) is 16.9. The van der Waals surface area contributed by atoms with Gasteiger partial charge in [0.15, 0.2) is 0 Å². The lowest BCUT2D eigenvalue weighted by Gasteiger charge is -2.29. The highest BCUT2D eigenvalue weighted by atomic mass is 31.2. The normalized spacial score (nSPS) is 15.9. The van der Waals surface area contributed by atoms with Gasteiger partial charge in [0, 0.05) is 6.42 Å². The third kappa shape index (κ3) is 30.3. The number of nitrogens with one attached hydrogen (secondary N) is 1. The summed E-state index contributed by atoms with van der Waals surface area (Å²) in [4.78, 5) is 24.9. The first-order chi connectivity index (χ1) is 22.0. The van der Waals surface area contributed by atoms with Crippen LogP contribution in [0.2, 0.25) is 0 Å². The number of rotatable bonds is 28. The fraction of sp³-hybridized carbons (Fsp3) is 0.595. The minimum absolute atomic E-state index is 0.0207. The van der Waals surface area contributed by atoms with E-state index in [1.54, 1.807) is 6.08 Å². The number of phosphoric acid groups is 1. The monoisotopic (exact) mass is 662 g/mol. The Balaban J connectivity index is 4.54. The largest absolute Gasteiger partial charge is 0.756 e. The first kappa shape index (κ1) is 43.7. The van der Waals surface area contributed by atoms with Gasteiger partial charge in [0.1, 0.15) is 13.2 Å². The molecule has 0 aliphatic carbocycles. The predicted octanol–water partition coefficient (Wildman–Crippen LogP) is 7.65. The first-order valence-corrected chi connectivity index (χ1v) is 18.4. The zero-order valence-corrected chi connectivity index (χ0v) is 30.1. The second kappa shape index (κ2) is 28.9. The molecular formula is C37H63N2O6P. The fourth-order valence-electron chi connectivity index (χ4n) is 3.88. The molecule has 0 aliphatic heterocycles. The average molecular weight is 663 g/mol. The van der Waals surface area contributed by atoms with Crippen LogP contribution in [0.25, 0.3) is 0 Å². The summed E-state index contributed by atoms with van der Waals surface area (Å²) in [5.74, 6) is -0.293. The number of amides is 1. The Kier molecular flexibility index (Phi) is 27.4. The van der Waals surface area contributed by atoms with Gasteiger partial charge in [-0.05, 0) is 57.8 Å². The van der Waals surface area contributed by atoms with E-state index in [1.807, 2.05) is 39.4 Å². The fourth-order valence-corrected chi connectivity index (χ4v) is 4.60. The zero-order chi connectivity index (χ0) is 34.4. The number of allylic oxidation sites excluding steroid dienone is 13. The molecule has 3 unspecified atom stereocenters. The number of carbonyl (C=O) groups is 1. The van der Waals surface area contributed by atoms with Gasteiger partial charge in [-0.1, -0.05) is 112 Å². The van der Waals surface area contributed by atoms with Crippen molar-refractivity contribution in [2.24, 2.45) is 0 Å². The molecular weight excluding hydrogens is 599 g/mol. The summed E-state index contributed by atoms with van der Waals surface area (Å²) in [5.41, 5.74) is 0. The van der Waals surface area contributed by atoms with Crippen molar-refractivity contribution in [1.29, 1.82) is 0 Å². The van der Waals surface area contributed by atoms with Gasteiger partial charge in [-0.25, -0.2) is 0 Å². The number of unbranched alkanes of at least 4 members (excludes halogenated alkanes) is 3. The molecule has 0 aliphatic rings. The van der Waals surface area contributed by atoms with E-state index in [0.29, 0.717) is 17.4 Å². The van der Waals surface area contributed by atoms with Crippen LogP contribution in [0.1, 0.15) is 90.9 Å². The van der Waals surface area contributed by atoms with E-state index in [0.717, 1.165) is 64.2 Å². The second-order valence-electron chi connectivity index (χ2n) is 12.1. The van der Waals surface area contributed by atoms with Gasteiger partial charge < -0.3 is 28.8 Å². The minimum Gasteiger partial charge on any atom is -0.756 e. The number of phosphoric ester groups is 1. The third-order valence-electron chi connectivity index (χ3n) is 6.62. The summed E-state index contributed by atoms with van der Waals surface area (Å²) >= 11 is 0. The summed E-state index contributed by atoms with van der Waals surface area (Å²) in [6.07, 6.45) is 38.3. The Morgan fingerprint density at radius 1 is 0.783 bits per heavy atom. The SMILES string of the molecule is CC/C=C\C/C=C\C/C=C\C/C=C\C/C=C\C/C=C\CCC(=O)NC(COP(=O)([O-])OCC[N+](C)(C)C)C(O)/C=C/CCCCC. The van der Waals surface area contributed by atoms with Crippen molar-refractivity contribution in [3.8, 4) is 0 Å². The van der Waals surface area contributed by atoms with Crippen LogP contribution in [0, 0.1) is 0 Å². The molecule has 3 atom stereocenters. The standard InChI is InChI=1S/C37H63N2O6P/c1-6-8-10-12-13-14-15-16-17-18-19-20-21-22-23-24-25-27-29-31-37(41)38-35(36(40)30-28-26-11-9-7-2)34-45-46(42,43)44-33-32-39(3,4)5/h8,10,13-14,16-17,19-20,22-23,25,27-28,30,35-36,40H,6-7,9,11-12,15,18,21,24,26,29,31-34H2,1-5H3,(H-,38,41,42,43)/b10-8-,14-13-,17-16-,20-19-,23-22-,27-25-,30-28+. The molecule has 262 valence electrons. The highest BCUT2D eigenvalue weighted by Gasteiger charge is 2.23. The predicted molar refractivity (Wildman–Crippen MR) is 191 cm³/mol. The van der Waals surface area contributed by atoms with Gasteiger partial charge in [-0.15, -0.1) is 0 Å². The molecule has 0 bridgehead atoms. The average Bonchev–Trinajstić information content (AvgIpc) is 2.99. The third-order valence-corrected chi connectivity index (χ3v) is 7.59. The van der Waals surface area contributed by atoms with Crippen LogP contribution in [0.3, 0.4) is 0 Å². The number of carbonyl (C=O) groups excluding carboxylic acids is 1. The molecule has 1 amide bonds. The van der Waals surface area contributed by atoms with E-state index in [2.05, 4.69) is 79.9 Å². The smallest absolute Gasteiger partial charge is 0.268 e. The van der Waals surface area contributed by atoms with Crippen LogP contribution in [-0.4, -0.2) is 68.5 Å². The van der Waals surface area contributed by atoms with Crippen molar-refractivity contribution < 1.29 is 32.9 Å². The Morgan fingerprint density at radius 3 is 1.80 bits per heavy atom. The molecule has 0 fully saturated rings. The quantitative estimate of drug-likeness (QED) is 0.0386. The van der Waals surface area contributed by atoms with Crippen molar-refractivity contribution in [2.75, 3.05) is 40.9 Å². The summed E-state index contributed by atoms with van der Waals surface area (Å²) < 4.78 is 22.8. The Bertz CT molecular complexity index is 1020. The van der Waals surface area contributed by atoms with Gasteiger partial charge in [0.2, 0.25) is 5.91 Å². The van der Waals surface area contributed by atoms with Gasteiger partial charge in [-0.2, -0.15) is 0 Å². The van der Waals surface area contributed by atoms with Crippen LogP contribution in [0.4, 0.5) is 0 Å². The Hall–Kier alpha value is -2.32. The second-order valence-corrected chi connectivity index (χ2v) is 13.5. The molecule has 46 heavy (non-hydrogen) atoms. The molecule has 0 spiro atoms. The highest BCUT2D eigenvalue weighted by molar-refractivity contribution is 7.45. The zero-order valence-electron chi connectivity index (χ0n) is 29.2. The number of nitrogens with zero attached hydrogens (tertiary/aromatic N) is 1. The molecule has 0 radical (unpaired) electrons. The van der Waals surface area contributed by atoms with E-state index < -0.39 is 26.6 Å². The van der Waals surface area contributed by atoms with E-state index in [9.17, 15) is 19.4 Å². The molecule has 0 aromatic carbocycles.